The van der Waals surface area contributed by atoms with E-state index >= 15 is 0 Å². The van der Waals surface area contributed by atoms with Gasteiger partial charge in [0, 0.05) is 35.5 Å². The average Bonchev–Trinajstić information content (AvgIpc) is 2.61. The van der Waals surface area contributed by atoms with Crippen LogP contribution in [0.5, 0.6) is 0 Å². The van der Waals surface area contributed by atoms with E-state index in [0.717, 1.165) is 23.2 Å². The molecule has 0 atom stereocenters. The van der Waals surface area contributed by atoms with Gasteiger partial charge in [-0.2, -0.15) is 0 Å². The Bertz CT molecular complexity index is 446. The van der Waals surface area contributed by atoms with E-state index < -0.39 is 0 Å². The fourth-order valence-electron chi connectivity index (χ4n) is 1.44. The summed E-state index contributed by atoms with van der Waals surface area (Å²) >= 11 is 0. The molecule has 2 heterocycles. The zero-order valence-corrected chi connectivity index (χ0v) is 7.84. The Labute approximate surface area is 82.0 Å². The van der Waals surface area contributed by atoms with Gasteiger partial charge in [-0.15, -0.1) is 0 Å². The zero-order chi connectivity index (χ0) is 9.97. The Morgan fingerprint density at radius 1 is 1.29 bits per heavy atom. The highest BCUT2D eigenvalue weighted by Crippen LogP contribution is 2.13. The van der Waals surface area contributed by atoms with Crippen LogP contribution in [0.15, 0.2) is 36.8 Å². The first-order chi connectivity index (χ1) is 6.83. The van der Waals surface area contributed by atoms with Gasteiger partial charge in [0.1, 0.15) is 0 Å². The normalized spacial score (nSPS) is 10.1. The van der Waals surface area contributed by atoms with Gasteiger partial charge >= 0.3 is 0 Å². The number of hydrogen-bond acceptors (Lipinski definition) is 2. The van der Waals surface area contributed by atoms with Crippen LogP contribution in [0.4, 0.5) is 0 Å². The second-order valence-electron chi connectivity index (χ2n) is 3.05. The number of nitrogens with zero attached hydrogens (tertiary/aromatic N) is 2. The summed E-state index contributed by atoms with van der Waals surface area (Å²) in [6, 6.07) is 5.62. The number of rotatable bonds is 2. The maximum Gasteiger partial charge on any atom is 0.151 e. The second kappa shape index (κ2) is 3.46. The first kappa shape index (κ1) is 8.69. The second-order valence-corrected chi connectivity index (χ2v) is 3.05. The third-order valence-corrected chi connectivity index (χ3v) is 2.25. The van der Waals surface area contributed by atoms with E-state index in [-0.39, 0.29) is 0 Å². The Morgan fingerprint density at radius 3 is 2.57 bits per heavy atom. The Hall–Kier alpha value is -1.90. The van der Waals surface area contributed by atoms with Crippen molar-refractivity contribution in [3.05, 3.63) is 48.0 Å². The number of carbonyl (C=O) groups excluding carboxylic acids is 1. The lowest BCUT2D eigenvalue weighted by molar-refractivity contribution is 0.112. The summed E-state index contributed by atoms with van der Waals surface area (Å²) < 4.78 is 1.96. The van der Waals surface area contributed by atoms with Crippen molar-refractivity contribution in [1.29, 1.82) is 0 Å². The van der Waals surface area contributed by atoms with Crippen molar-refractivity contribution in [2.75, 3.05) is 0 Å². The highest BCUT2D eigenvalue weighted by Gasteiger charge is 2.04. The third-order valence-electron chi connectivity index (χ3n) is 2.25. The molecule has 0 bridgehead atoms. The fourth-order valence-corrected chi connectivity index (χ4v) is 1.44. The van der Waals surface area contributed by atoms with Crippen molar-refractivity contribution < 1.29 is 4.79 Å². The molecule has 0 aromatic carbocycles. The van der Waals surface area contributed by atoms with Gasteiger partial charge in [-0.05, 0) is 25.1 Å². The summed E-state index contributed by atoms with van der Waals surface area (Å²) in [6.07, 6.45) is 6.21. The van der Waals surface area contributed by atoms with Gasteiger partial charge in [0.15, 0.2) is 6.29 Å². The van der Waals surface area contributed by atoms with Crippen LogP contribution in [0.2, 0.25) is 0 Å². The molecule has 2 aromatic rings. The van der Waals surface area contributed by atoms with Crippen LogP contribution in [-0.2, 0) is 0 Å². The lowest BCUT2D eigenvalue weighted by atomic mass is 10.3. The predicted molar refractivity (Wildman–Crippen MR) is 53.7 cm³/mol. The molecule has 0 fully saturated rings. The smallest absolute Gasteiger partial charge is 0.151 e. The number of pyridine rings is 1. The molecule has 0 saturated heterocycles. The summed E-state index contributed by atoms with van der Waals surface area (Å²) in [6.45, 7) is 1.92. The Morgan fingerprint density at radius 2 is 2.00 bits per heavy atom. The minimum atomic E-state index is 0.724. The molecule has 14 heavy (non-hydrogen) atoms. The molecule has 3 nitrogen and oxygen atoms in total. The first-order valence-corrected chi connectivity index (χ1v) is 4.36. The summed E-state index contributed by atoms with van der Waals surface area (Å²) in [5.41, 5.74) is 2.69. The Kier molecular flexibility index (Phi) is 2.14. The molecule has 0 aliphatic heterocycles. The number of carbonyl (C=O) groups is 1. The van der Waals surface area contributed by atoms with Crippen LogP contribution in [0.3, 0.4) is 0 Å². The highest BCUT2D eigenvalue weighted by molar-refractivity contribution is 5.77. The van der Waals surface area contributed by atoms with Crippen molar-refractivity contribution in [2.45, 2.75) is 6.92 Å². The van der Waals surface area contributed by atoms with Gasteiger partial charge in [-0.25, -0.2) is 0 Å². The average molecular weight is 186 g/mol. The molecule has 0 aliphatic rings. The van der Waals surface area contributed by atoms with Crippen LogP contribution in [0.1, 0.15) is 16.1 Å². The summed E-state index contributed by atoms with van der Waals surface area (Å²) in [7, 11) is 0. The van der Waals surface area contributed by atoms with Crippen molar-refractivity contribution in [3.8, 4) is 5.69 Å². The molecule has 0 unspecified atom stereocenters. The topological polar surface area (TPSA) is 34.9 Å². The first-order valence-electron chi connectivity index (χ1n) is 4.36. The van der Waals surface area contributed by atoms with Crippen LogP contribution >= 0.6 is 0 Å². The quantitative estimate of drug-likeness (QED) is 0.672. The van der Waals surface area contributed by atoms with Crippen molar-refractivity contribution >= 4 is 6.29 Å². The molecule has 0 saturated carbocycles. The minimum Gasteiger partial charge on any atom is -0.320 e. The predicted octanol–water partition coefficient (Wildman–Crippen LogP) is 1.99. The van der Waals surface area contributed by atoms with Gasteiger partial charge in [0.2, 0.25) is 0 Å². The third kappa shape index (κ3) is 1.33. The van der Waals surface area contributed by atoms with Crippen molar-refractivity contribution in [3.63, 3.8) is 0 Å². The van der Waals surface area contributed by atoms with E-state index in [4.69, 9.17) is 0 Å². The molecule has 2 aromatic heterocycles. The van der Waals surface area contributed by atoms with Crippen LogP contribution < -0.4 is 0 Å². The molecule has 0 aliphatic carbocycles. The van der Waals surface area contributed by atoms with E-state index in [2.05, 4.69) is 4.98 Å². The number of aromatic nitrogens is 2. The van der Waals surface area contributed by atoms with Crippen molar-refractivity contribution in [2.24, 2.45) is 0 Å². The standard InChI is InChI=1S/C11H10N2O/c1-9-10(8-14)4-7-13(9)11-2-5-12-6-3-11/h2-8H,1H3. The molecule has 2 rings (SSSR count). The maximum atomic E-state index is 10.6. The highest BCUT2D eigenvalue weighted by atomic mass is 16.1. The molecule has 3 heteroatoms. The monoisotopic (exact) mass is 186 g/mol. The van der Waals surface area contributed by atoms with E-state index in [1.54, 1.807) is 12.4 Å². The molecule has 0 amide bonds. The Balaban J connectivity index is 2.53. The number of aldehydes is 1. The lowest BCUT2D eigenvalue weighted by Crippen LogP contribution is -1.95. The minimum absolute atomic E-state index is 0.724. The van der Waals surface area contributed by atoms with Gasteiger partial charge in [-0.1, -0.05) is 0 Å². The molecule has 0 radical (unpaired) electrons. The van der Waals surface area contributed by atoms with Gasteiger partial charge < -0.3 is 4.57 Å². The van der Waals surface area contributed by atoms with E-state index in [1.165, 1.54) is 0 Å². The van der Waals surface area contributed by atoms with Crippen LogP contribution in [-0.4, -0.2) is 15.8 Å². The van der Waals surface area contributed by atoms with E-state index in [1.807, 2.05) is 35.9 Å². The van der Waals surface area contributed by atoms with Gasteiger partial charge in [0.05, 0.1) is 0 Å². The zero-order valence-electron chi connectivity index (χ0n) is 7.84. The summed E-state index contributed by atoms with van der Waals surface area (Å²) in [5.74, 6) is 0. The van der Waals surface area contributed by atoms with Crippen LogP contribution in [0.25, 0.3) is 5.69 Å². The van der Waals surface area contributed by atoms with Crippen molar-refractivity contribution in [1.82, 2.24) is 9.55 Å². The molecule has 0 N–H and O–H groups in total. The van der Waals surface area contributed by atoms with E-state index in [9.17, 15) is 4.79 Å². The summed E-state index contributed by atoms with van der Waals surface area (Å²) in [4.78, 5) is 14.6. The largest absolute Gasteiger partial charge is 0.320 e. The SMILES string of the molecule is Cc1c(C=O)ccn1-c1ccncc1. The molecular formula is C11H10N2O. The maximum absolute atomic E-state index is 10.6. The van der Waals surface area contributed by atoms with Crippen LogP contribution in [0, 0.1) is 6.92 Å². The number of hydrogen-bond donors (Lipinski definition) is 0. The summed E-state index contributed by atoms with van der Waals surface area (Å²) in [5, 5.41) is 0. The molecule has 0 spiro atoms. The van der Waals surface area contributed by atoms with Gasteiger partial charge in [0.25, 0.3) is 0 Å². The van der Waals surface area contributed by atoms with E-state index in [0.29, 0.717) is 0 Å². The van der Waals surface area contributed by atoms with Gasteiger partial charge in [-0.3, -0.25) is 9.78 Å². The fraction of sp³-hybridized carbons (Fsp3) is 0.0909. The lowest BCUT2D eigenvalue weighted by Gasteiger charge is -2.04. The molecule has 70 valence electrons. The molecular weight excluding hydrogens is 176 g/mol.